The summed E-state index contributed by atoms with van der Waals surface area (Å²) in [5.41, 5.74) is 5.95. The van der Waals surface area contributed by atoms with Crippen LogP contribution in [0, 0.1) is 0 Å². The van der Waals surface area contributed by atoms with Gasteiger partial charge in [0.15, 0.2) is 0 Å². The second-order valence-electron chi connectivity index (χ2n) is 6.91. The first-order valence-electron chi connectivity index (χ1n) is 9.90. The molecule has 0 spiro atoms. The molecule has 0 aromatic heterocycles. The molecule has 0 unspecified atom stereocenters. The fourth-order valence-corrected chi connectivity index (χ4v) is 3.40. The van der Waals surface area contributed by atoms with E-state index in [-0.39, 0.29) is 0 Å². The summed E-state index contributed by atoms with van der Waals surface area (Å²) in [7, 11) is 3.76. The van der Waals surface area contributed by atoms with E-state index < -0.39 is 0 Å². The zero-order chi connectivity index (χ0) is 20.8. The van der Waals surface area contributed by atoms with Gasteiger partial charge < -0.3 is 20.3 Å². The van der Waals surface area contributed by atoms with E-state index in [1.54, 1.807) is 7.11 Å². The van der Waals surface area contributed by atoms with Crippen LogP contribution in [0.2, 0.25) is 0 Å². The van der Waals surface area contributed by atoms with Gasteiger partial charge in [-0.05, 0) is 48.5 Å². The second-order valence-corrected chi connectivity index (χ2v) is 6.91. The summed E-state index contributed by atoms with van der Waals surface area (Å²) in [6.07, 6.45) is 0. The maximum Gasteiger partial charge on any atom is 0.144 e. The molecular formula is C26H25N3O. The van der Waals surface area contributed by atoms with Crippen molar-refractivity contribution in [3.63, 3.8) is 0 Å². The zero-order valence-electron chi connectivity index (χ0n) is 17.2. The van der Waals surface area contributed by atoms with Gasteiger partial charge in [0.25, 0.3) is 0 Å². The lowest BCUT2D eigenvalue weighted by molar-refractivity contribution is 0.417. The molecule has 4 aromatic carbocycles. The van der Waals surface area contributed by atoms with Crippen LogP contribution in [0.5, 0.6) is 5.75 Å². The van der Waals surface area contributed by atoms with Crippen molar-refractivity contribution in [2.45, 2.75) is 0 Å². The molecule has 0 aliphatic carbocycles. The average Bonchev–Trinajstić information content (AvgIpc) is 2.81. The molecule has 0 amide bonds. The van der Waals surface area contributed by atoms with Gasteiger partial charge in [0, 0.05) is 24.1 Å². The van der Waals surface area contributed by atoms with E-state index in [9.17, 15) is 0 Å². The van der Waals surface area contributed by atoms with E-state index in [4.69, 9.17) is 4.74 Å². The van der Waals surface area contributed by atoms with Crippen molar-refractivity contribution in [1.29, 1.82) is 0 Å². The first-order valence-corrected chi connectivity index (χ1v) is 9.90. The molecule has 2 N–H and O–H groups in total. The first kappa shape index (κ1) is 19.4. The van der Waals surface area contributed by atoms with Gasteiger partial charge in [-0.1, -0.05) is 54.6 Å². The van der Waals surface area contributed by atoms with Crippen LogP contribution in [0.4, 0.5) is 34.1 Å². The van der Waals surface area contributed by atoms with Crippen molar-refractivity contribution in [3.05, 3.63) is 103 Å². The Hall–Kier alpha value is -3.92. The van der Waals surface area contributed by atoms with Crippen molar-refractivity contribution >= 4 is 34.1 Å². The largest absolute Gasteiger partial charge is 0.494 e. The number of para-hydroxylation sites is 3. The minimum atomic E-state index is 0.766. The van der Waals surface area contributed by atoms with Gasteiger partial charge in [0.05, 0.1) is 18.5 Å². The van der Waals surface area contributed by atoms with Crippen LogP contribution in [0.15, 0.2) is 103 Å². The molecule has 0 bridgehead atoms. The molecule has 150 valence electrons. The lowest BCUT2D eigenvalue weighted by Gasteiger charge is -2.27. The Morgan fingerprint density at radius 1 is 0.600 bits per heavy atom. The van der Waals surface area contributed by atoms with Crippen molar-refractivity contribution in [1.82, 2.24) is 0 Å². The smallest absolute Gasteiger partial charge is 0.144 e. The van der Waals surface area contributed by atoms with Crippen molar-refractivity contribution in [3.8, 4) is 5.75 Å². The molecule has 0 heterocycles. The molecule has 0 saturated carbocycles. The number of benzene rings is 4. The van der Waals surface area contributed by atoms with Crippen LogP contribution >= 0.6 is 0 Å². The number of nitrogens with zero attached hydrogens (tertiary/aromatic N) is 1. The average molecular weight is 396 g/mol. The lowest BCUT2D eigenvalue weighted by atomic mass is 10.1. The van der Waals surface area contributed by atoms with Crippen LogP contribution in [0.25, 0.3) is 0 Å². The highest BCUT2D eigenvalue weighted by atomic mass is 16.5. The second kappa shape index (κ2) is 9.05. The molecule has 0 fully saturated rings. The maximum absolute atomic E-state index is 5.72. The molecule has 0 saturated heterocycles. The Kier molecular flexibility index (Phi) is 5.85. The molecule has 0 aliphatic heterocycles. The number of nitrogens with one attached hydrogen (secondary N) is 2. The van der Waals surface area contributed by atoms with Gasteiger partial charge in [-0.15, -0.1) is 0 Å². The van der Waals surface area contributed by atoms with E-state index in [1.807, 2.05) is 72.8 Å². The quantitative estimate of drug-likeness (QED) is 0.355. The standard InChI is InChI=1S/C26H25N3O/c1-29(22-16-10-5-11-17-22)23-18-19-24(30-2)26(28-21-14-8-4-9-15-21)25(23)27-20-12-6-3-7-13-20/h3-19,27-28H,1-2H3. The number of methoxy groups -OCH3 is 1. The highest BCUT2D eigenvalue weighted by Crippen LogP contribution is 2.44. The van der Waals surface area contributed by atoms with Gasteiger partial charge in [-0.2, -0.15) is 0 Å². The number of hydrogen-bond donors (Lipinski definition) is 2. The van der Waals surface area contributed by atoms with E-state index in [1.165, 1.54) is 0 Å². The van der Waals surface area contributed by atoms with Crippen LogP contribution in [0.3, 0.4) is 0 Å². The summed E-state index contributed by atoms with van der Waals surface area (Å²) in [6.45, 7) is 0. The van der Waals surface area contributed by atoms with Crippen LogP contribution < -0.4 is 20.3 Å². The first-order chi connectivity index (χ1) is 14.8. The molecule has 4 nitrogen and oxygen atoms in total. The predicted molar refractivity (Wildman–Crippen MR) is 127 cm³/mol. The third kappa shape index (κ3) is 4.23. The monoisotopic (exact) mass is 395 g/mol. The topological polar surface area (TPSA) is 36.5 Å². The fraction of sp³-hybridized carbons (Fsp3) is 0.0769. The van der Waals surface area contributed by atoms with Gasteiger partial charge in [-0.25, -0.2) is 0 Å². The van der Waals surface area contributed by atoms with Crippen LogP contribution in [0.1, 0.15) is 0 Å². The molecule has 4 heteroatoms. The van der Waals surface area contributed by atoms with Gasteiger partial charge >= 0.3 is 0 Å². The number of rotatable bonds is 7. The molecule has 30 heavy (non-hydrogen) atoms. The highest BCUT2D eigenvalue weighted by molar-refractivity contribution is 5.94. The number of hydrogen-bond acceptors (Lipinski definition) is 4. The van der Waals surface area contributed by atoms with E-state index in [0.717, 1.165) is 39.9 Å². The lowest BCUT2D eigenvalue weighted by Crippen LogP contribution is -2.13. The number of anilines is 6. The van der Waals surface area contributed by atoms with Crippen LogP contribution in [-0.4, -0.2) is 14.2 Å². The van der Waals surface area contributed by atoms with Crippen molar-refractivity contribution in [2.75, 3.05) is 29.7 Å². The van der Waals surface area contributed by atoms with Crippen molar-refractivity contribution in [2.24, 2.45) is 0 Å². The molecule has 4 aromatic rings. The Bertz CT molecular complexity index is 1080. The SMILES string of the molecule is COc1ccc(N(C)c2ccccc2)c(Nc2ccccc2)c1Nc1ccccc1. The maximum atomic E-state index is 5.72. The van der Waals surface area contributed by atoms with E-state index in [2.05, 4.69) is 52.9 Å². The normalized spacial score (nSPS) is 10.3. The summed E-state index contributed by atoms with van der Waals surface area (Å²) in [4.78, 5) is 2.17. The Morgan fingerprint density at radius 3 is 1.63 bits per heavy atom. The summed E-state index contributed by atoms with van der Waals surface area (Å²) in [5.74, 6) is 0.766. The Labute approximate surface area is 177 Å². The third-order valence-electron chi connectivity index (χ3n) is 4.96. The minimum Gasteiger partial charge on any atom is -0.494 e. The number of ether oxygens (including phenoxy) is 1. The summed E-state index contributed by atoms with van der Waals surface area (Å²) >= 11 is 0. The summed E-state index contributed by atoms with van der Waals surface area (Å²) in [6, 6.07) is 34.7. The molecule has 0 radical (unpaired) electrons. The fourth-order valence-electron chi connectivity index (χ4n) is 3.40. The Balaban J connectivity index is 1.85. The highest BCUT2D eigenvalue weighted by Gasteiger charge is 2.18. The van der Waals surface area contributed by atoms with Crippen molar-refractivity contribution < 1.29 is 4.74 Å². The van der Waals surface area contributed by atoms with Gasteiger partial charge in [-0.3, -0.25) is 0 Å². The minimum absolute atomic E-state index is 0.766. The predicted octanol–water partition coefficient (Wildman–Crippen LogP) is 6.95. The van der Waals surface area contributed by atoms with E-state index >= 15 is 0 Å². The molecule has 0 atom stereocenters. The molecule has 4 rings (SSSR count). The summed E-state index contributed by atoms with van der Waals surface area (Å²) < 4.78 is 5.72. The van der Waals surface area contributed by atoms with Gasteiger partial charge in [0.1, 0.15) is 11.4 Å². The van der Waals surface area contributed by atoms with E-state index in [0.29, 0.717) is 0 Å². The van der Waals surface area contributed by atoms with Crippen LogP contribution in [-0.2, 0) is 0 Å². The zero-order valence-corrected chi connectivity index (χ0v) is 17.2. The summed E-state index contributed by atoms with van der Waals surface area (Å²) in [5, 5.41) is 7.15. The molecular weight excluding hydrogens is 370 g/mol. The van der Waals surface area contributed by atoms with Gasteiger partial charge in [0.2, 0.25) is 0 Å². The third-order valence-corrected chi connectivity index (χ3v) is 4.96. The Morgan fingerprint density at radius 2 is 1.10 bits per heavy atom. The molecule has 0 aliphatic rings.